The van der Waals surface area contributed by atoms with Crippen LogP contribution in [0, 0.1) is 0 Å². The van der Waals surface area contributed by atoms with Crippen LogP contribution in [0.5, 0.6) is 0 Å². The molecule has 0 aliphatic rings. The Bertz CT molecular complexity index is 530. The van der Waals surface area contributed by atoms with Crippen molar-refractivity contribution in [1.29, 1.82) is 0 Å². The van der Waals surface area contributed by atoms with Gasteiger partial charge in [-0.2, -0.15) is 0 Å². The molecule has 80 valence electrons. The van der Waals surface area contributed by atoms with Crippen LogP contribution in [0.25, 0.3) is 11.0 Å². The van der Waals surface area contributed by atoms with Crippen LogP contribution in [0.2, 0.25) is 0 Å². The van der Waals surface area contributed by atoms with Crippen LogP contribution < -0.4 is 5.69 Å². The van der Waals surface area contributed by atoms with E-state index in [1.165, 1.54) is 0 Å². The van der Waals surface area contributed by atoms with Gasteiger partial charge in [-0.25, -0.2) is 4.79 Å². The zero-order chi connectivity index (χ0) is 10.8. The van der Waals surface area contributed by atoms with Gasteiger partial charge in [0, 0.05) is 17.6 Å². The number of benzene rings is 1. The minimum atomic E-state index is -0.128. The highest BCUT2D eigenvalue weighted by Gasteiger charge is 2.05. The van der Waals surface area contributed by atoms with Gasteiger partial charge in [-0.15, -0.1) is 0 Å². The van der Waals surface area contributed by atoms with Crippen LogP contribution in [-0.2, 0) is 6.54 Å². The first-order valence-corrected chi connectivity index (χ1v) is 5.50. The maximum absolute atomic E-state index is 11.6. The molecule has 0 atom stereocenters. The second-order valence-electron chi connectivity index (χ2n) is 3.32. The van der Waals surface area contributed by atoms with Crippen LogP contribution in [0.4, 0.5) is 0 Å². The lowest BCUT2D eigenvalue weighted by molar-refractivity contribution is 0.280. The van der Waals surface area contributed by atoms with E-state index < -0.39 is 0 Å². The molecular formula is C10H11BrN2O2. The molecule has 2 rings (SSSR count). The predicted molar refractivity (Wildman–Crippen MR) is 62.0 cm³/mol. The van der Waals surface area contributed by atoms with Crippen LogP contribution in [0.3, 0.4) is 0 Å². The Morgan fingerprint density at radius 1 is 1.47 bits per heavy atom. The predicted octanol–water partition coefficient (Wildman–Crippen LogP) is 1.47. The van der Waals surface area contributed by atoms with Gasteiger partial charge in [-0.1, -0.05) is 15.9 Å². The standard InChI is InChI=1S/C10H11BrN2O2/c11-7-2-3-8-9(6-7)13(4-1-5-14)10(15)12-8/h2-3,6,14H,1,4-5H2,(H,12,15). The average Bonchev–Trinajstić information content (AvgIpc) is 2.51. The van der Waals surface area contributed by atoms with E-state index in [1.807, 2.05) is 18.2 Å². The third kappa shape index (κ3) is 1.98. The second kappa shape index (κ2) is 4.20. The highest BCUT2D eigenvalue weighted by Crippen LogP contribution is 2.17. The Kier molecular flexibility index (Phi) is 2.93. The van der Waals surface area contributed by atoms with Gasteiger partial charge in [0.1, 0.15) is 0 Å². The monoisotopic (exact) mass is 270 g/mol. The minimum absolute atomic E-state index is 0.0904. The smallest absolute Gasteiger partial charge is 0.326 e. The quantitative estimate of drug-likeness (QED) is 0.888. The van der Waals surface area contributed by atoms with Gasteiger partial charge >= 0.3 is 5.69 Å². The van der Waals surface area contributed by atoms with Crippen molar-refractivity contribution in [1.82, 2.24) is 9.55 Å². The SMILES string of the molecule is O=c1[nH]c2ccc(Br)cc2n1CCCO. The number of aromatic nitrogens is 2. The van der Waals surface area contributed by atoms with Crippen molar-refractivity contribution in [2.45, 2.75) is 13.0 Å². The molecule has 1 heterocycles. The van der Waals surface area contributed by atoms with Crippen molar-refractivity contribution >= 4 is 27.0 Å². The molecule has 0 spiro atoms. The number of hydrogen-bond acceptors (Lipinski definition) is 2. The van der Waals surface area contributed by atoms with E-state index in [-0.39, 0.29) is 12.3 Å². The van der Waals surface area contributed by atoms with Crippen LogP contribution in [0.15, 0.2) is 27.5 Å². The molecule has 0 aliphatic heterocycles. The summed E-state index contributed by atoms with van der Waals surface area (Å²) in [4.78, 5) is 14.3. The zero-order valence-corrected chi connectivity index (χ0v) is 9.62. The maximum Gasteiger partial charge on any atom is 0.326 e. The number of aliphatic hydroxyl groups excluding tert-OH is 1. The lowest BCUT2D eigenvalue weighted by Gasteiger charge is -2.01. The summed E-state index contributed by atoms with van der Waals surface area (Å²) in [7, 11) is 0. The Hall–Kier alpha value is -1.07. The molecule has 0 unspecified atom stereocenters. The molecule has 4 nitrogen and oxygen atoms in total. The molecule has 0 radical (unpaired) electrons. The summed E-state index contributed by atoms with van der Waals surface area (Å²) in [5.74, 6) is 0. The minimum Gasteiger partial charge on any atom is -0.396 e. The molecule has 1 aromatic heterocycles. The van der Waals surface area contributed by atoms with Crippen LogP contribution in [-0.4, -0.2) is 21.3 Å². The summed E-state index contributed by atoms with van der Waals surface area (Å²) in [6.07, 6.45) is 0.583. The number of halogens is 1. The number of aromatic amines is 1. The fourth-order valence-corrected chi connectivity index (χ4v) is 1.93. The van der Waals surface area contributed by atoms with E-state index in [2.05, 4.69) is 20.9 Å². The van der Waals surface area contributed by atoms with Crippen molar-refractivity contribution in [2.75, 3.05) is 6.61 Å². The normalized spacial score (nSPS) is 11.1. The summed E-state index contributed by atoms with van der Waals surface area (Å²) < 4.78 is 2.57. The molecule has 1 aromatic carbocycles. The number of nitrogens with zero attached hydrogens (tertiary/aromatic N) is 1. The largest absolute Gasteiger partial charge is 0.396 e. The Morgan fingerprint density at radius 2 is 2.27 bits per heavy atom. The molecule has 0 aliphatic carbocycles. The van der Waals surface area contributed by atoms with Gasteiger partial charge in [0.15, 0.2) is 0 Å². The number of H-pyrrole nitrogens is 1. The van der Waals surface area contributed by atoms with Gasteiger partial charge in [-0.3, -0.25) is 4.57 Å². The lowest BCUT2D eigenvalue weighted by atomic mass is 10.3. The Morgan fingerprint density at radius 3 is 3.00 bits per heavy atom. The van der Waals surface area contributed by atoms with Crippen molar-refractivity contribution in [3.05, 3.63) is 33.2 Å². The van der Waals surface area contributed by atoms with Crippen molar-refractivity contribution in [3.8, 4) is 0 Å². The van der Waals surface area contributed by atoms with Gasteiger partial charge in [0.2, 0.25) is 0 Å². The number of hydrogen-bond donors (Lipinski definition) is 2. The maximum atomic E-state index is 11.6. The number of imidazole rings is 1. The van der Waals surface area contributed by atoms with Crippen molar-refractivity contribution < 1.29 is 5.11 Å². The molecule has 0 amide bonds. The van der Waals surface area contributed by atoms with Gasteiger partial charge in [0.05, 0.1) is 11.0 Å². The summed E-state index contributed by atoms with van der Waals surface area (Å²) in [6, 6.07) is 5.63. The van der Waals surface area contributed by atoms with E-state index >= 15 is 0 Å². The van der Waals surface area contributed by atoms with Gasteiger partial charge in [-0.05, 0) is 24.6 Å². The third-order valence-electron chi connectivity index (χ3n) is 2.28. The highest BCUT2D eigenvalue weighted by atomic mass is 79.9. The number of nitrogens with one attached hydrogen (secondary N) is 1. The van der Waals surface area contributed by atoms with E-state index in [9.17, 15) is 4.79 Å². The average molecular weight is 271 g/mol. The fraction of sp³-hybridized carbons (Fsp3) is 0.300. The molecular weight excluding hydrogens is 260 g/mol. The summed E-state index contributed by atoms with van der Waals surface area (Å²) in [5, 5.41) is 8.75. The van der Waals surface area contributed by atoms with Gasteiger partial charge < -0.3 is 10.1 Å². The molecule has 5 heteroatoms. The Labute approximate surface area is 94.7 Å². The van der Waals surface area contributed by atoms with Crippen LogP contribution in [0.1, 0.15) is 6.42 Å². The van der Waals surface area contributed by atoms with Crippen LogP contribution >= 0.6 is 15.9 Å². The molecule has 0 bridgehead atoms. The summed E-state index contributed by atoms with van der Waals surface area (Å²) >= 11 is 3.37. The van der Waals surface area contributed by atoms with E-state index in [0.717, 1.165) is 15.5 Å². The summed E-state index contributed by atoms with van der Waals surface area (Å²) in [5.41, 5.74) is 1.56. The van der Waals surface area contributed by atoms with Crippen molar-refractivity contribution in [3.63, 3.8) is 0 Å². The number of fused-ring (bicyclic) bond motifs is 1. The fourth-order valence-electron chi connectivity index (χ4n) is 1.58. The molecule has 2 N–H and O–H groups in total. The number of rotatable bonds is 3. The third-order valence-corrected chi connectivity index (χ3v) is 2.77. The summed E-state index contributed by atoms with van der Waals surface area (Å²) in [6.45, 7) is 0.624. The van der Waals surface area contributed by atoms with E-state index in [4.69, 9.17) is 5.11 Å². The highest BCUT2D eigenvalue weighted by molar-refractivity contribution is 9.10. The second-order valence-corrected chi connectivity index (χ2v) is 4.24. The molecule has 0 saturated heterocycles. The first-order valence-electron chi connectivity index (χ1n) is 4.71. The topological polar surface area (TPSA) is 58.0 Å². The molecule has 2 aromatic rings. The van der Waals surface area contributed by atoms with Crippen molar-refractivity contribution in [2.24, 2.45) is 0 Å². The lowest BCUT2D eigenvalue weighted by Crippen LogP contribution is -2.17. The van der Waals surface area contributed by atoms with E-state index in [0.29, 0.717) is 13.0 Å². The van der Waals surface area contributed by atoms with Gasteiger partial charge in [0.25, 0.3) is 0 Å². The van der Waals surface area contributed by atoms with E-state index in [1.54, 1.807) is 4.57 Å². The molecule has 0 fully saturated rings. The molecule has 0 saturated carbocycles. The first-order chi connectivity index (χ1) is 7.22. The Balaban J connectivity index is 2.55. The number of aryl methyl sites for hydroxylation is 1. The molecule has 15 heavy (non-hydrogen) atoms. The zero-order valence-electron chi connectivity index (χ0n) is 8.03. The number of aliphatic hydroxyl groups is 1. The first kappa shape index (κ1) is 10.4.